The molecule has 0 saturated heterocycles. The van der Waals surface area contributed by atoms with Crippen molar-refractivity contribution in [2.45, 2.75) is 24.1 Å². The van der Waals surface area contributed by atoms with Crippen molar-refractivity contribution in [2.24, 2.45) is 0 Å². The molecule has 1 nitrogen and oxygen atoms in total. The zero-order valence-corrected chi connectivity index (χ0v) is 13.5. The first-order chi connectivity index (χ1) is 10.2. The van der Waals surface area contributed by atoms with Gasteiger partial charge in [0.05, 0.1) is 10.2 Å². The van der Waals surface area contributed by atoms with Gasteiger partial charge in [0, 0.05) is 10.3 Å². The highest BCUT2D eigenvalue weighted by molar-refractivity contribution is 8.05. The minimum absolute atomic E-state index is 1.10. The van der Waals surface area contributed by atoms with Gasteiger partial charge < -0.3 is 0 Å². The summed E-state index contributed by atoms with van der Waals surface area (Å²) in [5, 5.41) is 2.58. The van der Waals surface area contributed by atoms with Gasteiger partial charge in [-0.05, 0) is 36.8 Å². The highest BCUT2D eigenvalue weighted by Gasteiger charge is 2.18. The van der Waals surface area contributed by atoms with Crippen LogP contribution >= 0.6 is 23.1 Å². The van der Waals surface area contributed by atoms with Crippen LogP contribution in [0.2, 0.25) is 0 Å². The maximum absolute atomic E-state index is 4.80. The molecule has 0 amide bonds. The number of hydrogen-bond acceptors (Lipinski definition) is 3. The number of allylic oxidation sites excluding steroid dienone is 2. The van der Waals surface area contributed by atoms with Gasteiger partial charge >= 0.3 is 0 Å². The summed E-state index contributed by atoms with van der Waals surface area (Å²) in [5.41, 5.74) is 3.82. The van der Waals surface area contributed by atoms with Gasteiger partial charge in [0.25, 0.3) is 0 Å². The second-order valence-corrected chi connectivity index (χ2v) is 7.69. The topological polar surface area (TPSA) is 12.9 Å². The van der Waals surface area contributed by atoms with Gasteiger partial charge in [-0.1, -0.05) is 54.2 Å². The molecule has 4 rings (SSSR count). The number of hydrogen-bond donors (Lipinski definition) is 0. The Morgan fingerprint density at radius 3 is 2.81 bits per heavy atom. The Morgan fingerprint density at radius 2 is 2.00 bits per heavy atom. The summed E-state index contributed by atoms with van der Waals surface area (Å²) >= 11 is 3.58. The lowest BCUT2D eigenvalue weighted by atomic mass is 10.1. The zero-order chi connectivity index (χ0) is 14.4. The first kappa shape index (κ1) is 13.1. The SMILES string of the molecule is C=C1CCC(C)=C1Sc1nc2ccc3ccccc3c2s1. The monoisotopic (exact) mass is 309 g/mol. The third-order valence-corrected chi connectivity index (χ3v) is 6.47. The molecule has 2 aromatic carbocycles. The van der Waals surface area contributed by atoms with Crippen molar-refractivity contribution in [2.75, 3.05) is 0 Å². The molecule has 0 aliphatic heterocycles. The van der Waals surface area contributed by atoms with E-state index in [0.29, 0.717) is 0 Å². The molecule has 0 N–H and O–H groups in total. The standard InChI is InChI=1S/C18H15NS2/c1-11-7-8-12(2)16(11)20-18-19-15-10-9-13-5-3-4-6-14(13)17(15)21-18/h3-6,9-10H,1,7-8H2,2H3. The molecule has 0 atom stereocenters. The lowest BCUT2D eigenvalue weighted by molar-refractivity contribution is 1.01. The van der Waals surface area contributed by atoms with Gasteiger partial charge in [-0.3, -0.25) is 0 Å². The Labute approximate surface area is 132 Å². The van der Waals surface area contributed by atoms with E-state index in [1.165, 1.54) is 31.5 Å². The molecule has 1 heterocycles. The molecule has 1 aliphatic carbocycles. The Bertz CT molecular complexity index is 902. The maximum atomic E-state index is 4.80. The van der Waals surface area contributed by atoms with E-state index < -0.39 is 0 Å². The third kappa shape index (κ3) is 2.21. The summed E-state index contributed by atoms with van der Waals surface area (Å²) in [7, 11) is 0. The van der Waals surface area contributed by atoms with Crippen molar-refractivity contribution in [1.82, 2.24) is 4.98 Å². The van der Waals surface area contributed by atoms with Crippen LogP contribution in [0, 0.1) is 0 Å². The Hall–Kier alpha value is -1.58. The van der Waals surface area contributed by atoms with E-state index in [1.807, 2.05) is 0 Å². The maximum Gasteiger partial charge on any atom is 0.155 e. The first-order valence-corrected chi connectivity index (χ1v) is 8.70. The molecular weight excluding hydrogens is 294 g/mol. The highest BCUT2D eigenvalue weighted by atomic mass is 32.2. The molecule has 3 aromatic rings. The fourth-order valence-corrected chi connectivity index (χ4v) is 5.13. The highest BCUT2D eigenvalue weighted by Crippen LogP contribution is 2.44. The van der Waals surface area contributed by atoms with E-state index in [1.54, 1.807) is 23.1 Å². The molecule has 0 saturated carbocycles. The number of aromatic nitrogens is 1. The van der Waals surface area contributed by atoms with Crippen molar-refractivity contribution in [1.29, 1.82) is 0 Å². The fourth-order valence-electron chi connectivity index (χ4n) is 2.79. The lowest BCUT2D eigenvalue weighted by Gasteiger charge is -2.01. The molecule has 1 aliphatic rings. The molecule has 104 valence electrons. The van der Waals surface area contributed by atoms with Crippen molar-refractivity contribution >= 4 is 44.1 Å². The normalized spacial score (nSPS) is 15.6. The van der Waals surface area contributed by atoms with Crippen LogP contribution in [0.25, 0.3) is 21.0 Å². The van der Waals surface area contributed by atoms with Crippen LogP contribution in [0.4, 0.5) is 0 Å². The molecule has 21 heavy (non-hydrogen) atoms. The van der Waals surface area contributed by atoms with Gasteiger partial charge in [0.15, 0.2) is 4.34 Å². The van der Waals surface area contributed by atoms with E-state index in [2.05, 4.69) is 49.9 Å². The molecular formula is C18H15NS2. The molecule has 0 spiro atoms. The van der Waals surface area contributed by atoms with Crippen molar-refractivity contribution in [3.05, 3.63) is 59.0 Å². The Kier molecular flexibility index (Phi) is 3.12. The van der Waals surface area contributed by atoms with E-state index in [-0.39, 0.29) is 0 Å². The van der Waals surface area contributed by atoms with Gasteiger partial charge in [-0.2, -0.15) is 0 Å². The summed E-state index contributed by atoms with van der Waals surface area (Å²) in [5.74, 6) is 0. The summed E-state index contributed by atoms with van der Waals surface area (Å²) in [4.78, 5) is 6.15. The number of nitrogens with zero attached hydrogens (tertiary/aromatic N) is 1. The van der Waals surface area contributed by atoms with Crippen LogP contribution in [0.5, 0.6) is 0 Å². The van der Waals surface area contributed by atoms with Crippen molar-refractivity contribution in [3.8, 4) is 0 Å². The van der Waals surface area contributed by atoms with E-state index in [9.17, 15) is 0 Å². The molecule has 0 bridgehead atoms. The smallest absolute Gasteiger partial charge is 0.155 e. The van der Waals surface area contributed by atoms with Crippen LogP contribution in [0.1, 0.15) is 19.8 Å². The minimum Gasteiger partial charge on any atom is -0.229 e. The van der Waals surface area contributed by atoms with E-state index in [4.69, 9.17) is 4.98 Å². The largest absolute Gasteiger partial charge is 0.229 e. The van der Waals surface area contributed by atoms with Gasteiger partial charge in [-0.15, -0.1) is 11.3 Å². The average Bonchev–Trinajstić information content (AvgIpc) is 3.05. The summed E-state index contributed by atoms with van der Waals surface area (Å²) < 4.78 is 2.41. The predicted octanol–water partition coefficient (Wildman–Crippen LogP) is 6.17. The van der Waals surface area contributed by atoms with Crippen molar-refractivity contribution in [3.63, 3.8) is 0 Å². The van der Waals surface area contributed by atoms with Crippen LogP contribution in [-0.2, 0) is 0 Å². The minimum atomic E-state index is 1.10. The number of benzene rings is 2. The Balaban J connectivity index is 1.82. The second-order valence-electron chi connectivity index (χ2n) is 5.43. The first-order valence-electron chi connectivity index (χ1n) is 7.06. The molecule has 1 aromatic heterocycles. The van der Waals surface area contributed by atoms with Gasteiger partial charge in [0.2, 0.25) is 0 Å². The van der Waals surface area contributed by atoms with Crippen molar-refractivity contribution < 1.29 is 0 Å². The fraction of sp³-hybridized carbons (Fsp3) is 0.167. The molecule has 0 fully saturated rings. The summed E-state index contributed by atoms with van der Waals surface area (Å²) in [6, 6.07) is 12.8. The number of thiazole rings is 1. The number of thioether (sulfide) groups is 1. The van der Waals surface area contributed by atoms with Crippen LogP contribution in [0.3, 0.4) is 0 Å². The third-order valence-electron chi connectivity index (χ3n) is 3.96. The zero-order valence-electron chi connectivity index (χ0n) is 11.8. The van der Waals surface area contributed by atoms with E-state index in [0.717, 1.165) is 22.7 Å². The van der Waals surface area contributed by atoms with Crippen LogP contribution in [0.15, 0.2) is 63.4 Å². The number of fused-ring (bicyclic) bond motifs is 3. The van der Waals surface area contributed by atoms with Crippen LogP contribution in [-0.4, -0.2) is 4.98 Å². The van der Waals surface area contributed by atoms with Gasteiger partial charge in [-0.25, -0.2) is 4.98 Å². The molecule has 3 heteroatoms. The summed E-state index contributed by atoms with van der Waals surface area (Å²) in [6.45, 7) is 6.40. The second kappa shape index (κ2) is 5.00. The number of rotatable bonds is 2. The average molecular weight is 309 g/mol. The van der Waals surface area contributed by atoms with E-state index >= 15 is 0 Å². The molecule has 0 unspecified atom stereocenters. The quantitative estimate of drug-likeness (QED) is 0.562. The molecule has 0 radical (unpaired) electrons. The summed E-state index contributed by atoms with van der Waals surface area (Å²) in [6.07, 6.45) is 2.25. The lowest BCUT2D eigenvalue weighted by Crippen LogP contribution is -1.77. The van der Waals surface area contributed by atoms with Crippen LogP contribution < -0.4 is 0 Å². The van der Waals surface area contributed by atoms with Gasteiger partial charge in [0.1, 0.15) is 0 Å². The Morgan fingerprint density at radius 1 is 1.14 bits per heavy atom. The predicted molar refractivity (Wildman–Crippen MR) is 94.1 cm³/mol.